The summed E-state index contributed by atoms with van der Waals surface area (Å²) < 4.78 is 9.65. The second-order valence-electron chi connectivity index (χ2n) is 4.31. The maximum atomic E-state index is 5.35. The summed E-state index contributed by atoms with van der Waals surface area (Å²) in [7, 11) is 1.84. The molecule has 3 rings (SSSR count). The van der Waals surface area contributed by atoms with Gasteiger partial charge in [-0.05, 0) is 37.5 Å². The van der Waals surface area contributed by atoms with Crippen molar-refractivity contribution in [1.29, 1.82) is 0 Å². The van der Waals surface area contributed by atoms with E-state index in [9.17, 15) is 0 Å². The first-order valence-electron chi connectivity index (χ1n) is 6.11. The van der Waals surface area contributed by atoms with Gasteiger partial charge in [0.25, 0.3) is 5.89 Å². The number of hydrogen-bond acceptors (Lipinski definition) is 7. The Morgan fingerprint density at radius 1 is 1.20 bits per heavy atom. The molecular formula is C13H13N5OS. The number of rotatable bonds is 3. The molecule has 0 amide bonds. The second kappa shape index (κ2) is 5.01. The highest BCUT2D eigenvalue weighted by molar-refractivity contribution is 7.10. The Hall–Kier alpha value is -2.28. The molecule has 0 saturated heterocycles. The van der Waals surface area contributed by atoms with E-state index < -0.39 is 0 Å². The fraction of sp³-hybridized carbons (Fsp3) is 0.231. The summed E-state index contributed by atoms with van der Waals surface area (Å²) in [5.41, 5.74) is 3.33. The lowest BCUT2D eigenvalue weighted by atomic mass is 10.2. The van der Waals surface area contributed by atoms with Crippen molar-refractivity contribution in [3.63, 3.8) is 0 Å². The number of nitrogens with zero attached hydrogens (tertiary/aromatic N) is 4. The Morgan fingerprint density at radius 3 is 2.80 bits per heavy atom. The molecule has 3 aromatic heterocycles. The quantitative estimate of drug-likeness (QED) is 0.798. The first kappa shape index (κ1) is 12.7. The summed E-state index contributed by atoms with van der Waals surface area (Å²) in [4.78, 5) is 8.81. The largest absolute Gasteiger partial charge is 0.378 e. The second-order valence-corrected chi connectivity index (χ2v) is 5.08. The molecule has 20 heavy (non-hydrogen) atoms. The van der Waals surface area contributed by atoms with E-state index in [4.69, 9.17) is 4.52 Å². The van der Waals surface area contributed by atoms with Crippen LogP contribution in [0.1, 0.15) is 11.4 Å². The molecule has 0 unspecified atom stereocenters. The number of pyridine rings is 1. The van der Waals surface area contributed by atoms with E-state index in [2.05, 4.69) is 24.8 Å². The molecule has 102 valence electrons. The average Bonchev–Trinajstić information content (AvgIpc) is 3.04. The van der Waals surface area contributed by atoms with E-state index in [1.165, 1.54) is 11.5 Å². The predicted octanol–water partition coefficient (Wildman–Crippen LogP) is 2.91. The van der Waals surface area contributed by atoms with E-state index in [0.29, 0.717) is 17.4 Å². The molecule has 0 bridgehead atoms. The van der Waals surface area contributed by atoms with Crippen LogP contribution >= 0.6 is 11.5 Å². The minimum atomic E-state index is 0.457. The van der Waals surface area contributed by atoms with Gasteiger partial charge in [0.1, 0.15) is 10.7 Å². The highest BCUT2D eigenvalue weighted by Crippen LogP contribution is 2.33. The molecule has 6 nitrogen and oxygen atoms in total. The fourth-order valence-electron chi connectivity index (χ4n) is 1.89. The van der Waals surface area contributed by atoms with E-state index in [1.807, 2.05) is 39.1 Å². The third-order valence-corrected chi connectivity index (χ3v) is 3.80. The van der Waals surface area contributed by atoms with Crippen LogP contribution in [-0.4, -0.2) is 26.5 Å². The number of aromatic nitrogens is 4. The van der Waals surface area contributed by atoms with Crippen LogP contribution < -0.4 is 5.32 Å². The zero-order valence-corrected chi connectivity index (χ0v) is 12.2. The Kier molecular flexibility index (Phi) is 3.19. The predicted molar refractivity (Wildman–Crippen MR) is 77.7 cm³/mol. The topological polar surface area (TPSA) is 76.7 Å². The van der Waals surface area contributed by atoms with Crippen molar-refractivity contribution in [3.05, 3.63) is 29.6 Å². The van der Waals surface area contributed by atoms with Gasteiger partial charge in [0.05, 0.1) is 11.3 Å². The molecule has 0 aliphatic heterocycles. The summed E-state index contributed by atoms with van der Waals surface area (Å²) in [6.45, 7) is 3.85. The van der Waals surface area contributed by atoms with E-state index in [1.54, 1.807) is 0 Å². The van der Waals surface area contributed by atoms with Crippen LogP contribution in [0.15, 0.2) is 22.7 Å². The van der Waals surface area contributed by atoms with Crippen molar-refractivity contribution in [3.8, 4) is 23.0 Å². The summed E-state index contributed by atoms with van der Waals surface area (Å²) in [6, 6.07) is 5.71. The van der Waals surface area contributed by atoms with Crippen LogP contribution in [0.25, 0.3) is 23.0 Å². The molecule has 0 saturated carbocycles. The molecule has 0 radical (unpaired) electrons. The molecule has 0 spiro atoms. The number of anilines is 1. The van der Waals surface area contributed by atoms with Gasteiger partial charge in [-0.2, -0.15) is 9.36 Å². The third kappa shape index (κ3) is 2.16. The SMILES string of the molecule is CNc1snc(C)c1-c1nc(-c2cccc(C)n2)no1. The zero-order chi connectivity index (χ0) is 14.1. The van der Waals surface area contributed by atoms with Crippen molar-refractivity contribution in [2.75, 3.05) is 12.4 Å². The lowest BCUT2D eigenvalue weighted by Crippen LogP contribution is -1.90. The Bertz CT molecular complexity index is 749. The molecule has 7 heteroatoms. The van der Waals surface area contributed by atoms with Gasteiger partial charge in [-0.15, -0.1) is 0 Å². The smallest absolute Gasteiger partial charge is 0.263 e. The summed E-state index contributed by atoms with van der Waals surface area (Å²) in [6.07, 6.45) is 0. The number of nitrogens with one attached hydrogen (secondary N) is 1. The molecule has 0 aliphatic carbocycles. The molecule has 0 aliphatic rings. The molecular weight excluding hydrogens is 274 g/mol. The Labute approximate surface area is 120 Å². The Morgan fingerprint density at radius 2 is 2.05 bits per heavy atom. The normalized spacial score (nSPS) is 10.8. The van der Waals surface area contributed by atoms with Gasteiger partial charge in [0, 0.05) is 12.7 Å². The van der Waals surface area contributed by atoms with Gasteiger partial charge < -0.3 is 9.84 Å². The maximum absolute atomic E-state index is 5.35. The molecule has 0 aromatic carbocycles. The summed E-state index contributed by atoms with van der Waals surface area (Å²) in [5.74, 6) is 0.940. The van der Waals surface area contributed by atoms with Crippen molar-refractivity contribution >= 4 is 16.5 Å². The van der Waals surface area contributed by atoms with E-state index in [0.717, 1.165) is 22.0 Å². The van der Waals surface area contributed by atoms with E-state index >= 15 is 0 Å². The van der Waals surface area contributed by atoms with Crippen LogP contribution in [0.5, 0.6) is 0 Å². The number of hydrogen-bond donors (Lipinski definition) is 1. The molecule has 3 heterocycles. The number of aryl methyl sites for hydroxylation is 2. The van der Waals surface area contributed by atoms with Gasteiger partial charge in [-0.3, -0.25) is 0 Å². The Balaban J connectivity index is 2.04. The molecule has 3 aromatic rings. The molecule has 0 atom stereocenters. The van der Waals surface area contributed by atoms with Crippen LogP contribution in [0, 0.1) is 13.8 Å². The molecule has 0 fully saturated rings. The minimum absolute atomic E-state index is 0.457. The maximum Gasteiger partial charge on any atom is 0.263 e. The van der Waals surface area contributed by atoms with Gasteiger partial charge in [-0.25, -0.2) is 4.98 Å². The van der Waals surface area contributed by atoms with Gasteiger partial charge in [0.15, 0.2) is 0 Å². The first-order valence-corrected chi connectivity index (χ1v) is 6.88. The highest BCUT2D eigenvalue weighted by atomic mass is 32.1. The van der Waals surface area contributed by atoms with Gasteiger partial charge in [0.2, 0.25) is 5.82 Å². The van der Waals surface area contributed by atoms with Crippen molar-refractivity contribution in [2.45, 2.75) is 13.8 Å². The monoisotopic (exact) mass is 287 g/mol. The highest BCUT2D eigenvalue weighted by Gasteiger charge is 2.19. The van der Waals surface area contributed by atoms with E-state index in [-0.39, 0.29) is 0 Å². The van der Waals surface area contributed by atoms with Crippen LogP contribution in [0.2, 0.25) is 0 Å². The standard InChI is InChI=1S/C13H13N5OS/c1-7-5-4-6-9(15-7)11-16-12(19-17-11)10-8(2)18-20-13(10)14-3/h4-6,14H,1-3H3. The summed E-state index contributed by atoms with van der Waals surface area (Å²) in [5, 5.41) is 8.00. The average molecular weight is 287 g/mol. The minimum Gasteiger partial charge on any atom is -0.378 e. The third-order valence-electron chi connectivity index (χ3n) is 2.85. The van der Waals surface area contributed by atoms with Crippen molar-refractivity contribution in [1.82, 2.24) is 19.5 Å². The van der Waals surface area contributed by atoms with Gasteiger partial charge >= 0.3 is 0 Å². The lowest BCUT2D eigenvalue weighted by molar-refractivity contribution is 0.432. The first-order chi connectivity index (χ1) is 9.69. The van der Waals surface area contributed by atoms with Crippen molar-refractivity contribution in [2.24, 2.45) is 0 Å². The van der Waals surface area contributed by atoms with Crippen LogP contribution in [0.3, 0.4) is 0 Å². The molecule has 1 N–H and O–H groups in total. The summed E-state index contributed by atoms with van der Waals surface area (Å²) >= 11 is 1.37. The fourth-order valence-corrected chi connectivity index (χ4v) is 2.63. The van der Waals surface area contributed by atoms with Gasteiger partial charge in [-0.1, -0.05) is 11.2 Å². The van der Waals surface area contributed by atoms with Crippen LogP contribution in [-0.2, 0) is 0 Å². The van der Waals surface area contributed by atoms with Crippen LogP contribution in [0.4, 0.5) is 5.00 Å². The van der Waals surface area contributed by atoms with Crippen molar-refractivity contribution < 1.29 is 4.52 Å². The lowest BCUT2D eigenvalue weighted by Gasteiger charge is -1.97. The zero-order valence-electron chi connectivity index (χ0n) is 11.3.